The van der Waals surface area contributed by atoms with Crippen molar-refractivity contribution in [3.8, 4) is 0 Å². The van der Waals surface area contributed by atoms with Gasteiger partial charge in [-0.1, -0.05) is 20.4 Å². The molecule has 0 unspecified atom stereocenters. The monoisotopic (exact) mass is 167 g/mol. The molecule has 1 rings (SSSR count). The Kier molecular flexibility index (Phi) is 2.83. The largest absolute Gasteiger partial charge is 0.253 e. The quantitative estimate of drug-likeness (QED) is 0.673. The Hall–Kier alpha value is -0.630. The van der Waals surface area contributed by atoms with Crippen molar-refractivity contribution in [1.29, 1.82) is 0 Å². The Bertz CT molecular complexity index is 224. The minimum atomic E-state index is 0.685. The molecule has 0 N–H and O–H groups in total. The van der Waals surface area contributed by atoms with Crippen molar-refractivity contribution in [3.05, 3.63) is 23.2 Å². The zero-order valence-corrected chi connectivity index (χ0v) is 7.82. The first kappa shape index (κ1) is 8.47. The first-order chi connectivity index (χ1) is 5.20. The number of allylic oxidation sites excluding steroid dienone is 1. The van der Waals surface area contributed by atoms with Gasteiger partial charge in [0, 0.05) is 11.1 Å². The maximum atomic E-state index is 4.01. The second kappa shape index (κ2) is 3.67. The molecule has 1 aromatic heterocycles. The van der Waals surface area contributed by atoms with E-state index >= 15 is 0 Å². The first-order valence-corrected chi connectivity index (χ1v) is 4.64. The fourth-order valence-corrected chi connectivity index (χ4v) is 1.59. The van der Waals surface area contributed by atoms with Crippen molar-refractivity contribution in [1.82, 2.24) is 4.98 Å². The molecule has 1 nitrogen and oxygen atoms in total. The molecule has 0 bridgehead atoms. The number of hydrogen-bond acceptors (Lipinski definition) is 2. The molecule has 0 amide bonds. The molecular weight excluding hydrogens is 154 g/mol. The van der Waals surface area contributed by atoms with E-state index in [1.807, 2.05) is 11.7 Å². The van der Waals surface area contributed by atoms with E-state index in [4.69, 9.17) is 0 Å². The van der Waals surface area contributed by atoms with Gasteiger partial charge in [-0.05, 0) is 17.9 Å². The van der Waals surface area contributed by atoms with Crippen LogP contribution in [0.3, 0.4) is 0 Å². The lowest BCUT2D eigenvalue weighted by Crippen LogP contribution is -1.87. The first-order valence-electron chi connectivity index (χ1n) is 3.76. The summed E-state index contributed by atoms with van der Waals surface area (Å²) in [6.45, 7) is 8.41. The van der Waals surface area contributed by atoms with Crippen LogP contribution in [0.2, 0.25) is 0 Å². The van der Waals surface area contributed by atoms with Crippen LogP contribution in [0.1, 0.15) is 25.1 Å². The topological polar surface area (TPSA) is 12.9 Å². The summed E-state index contributed by atoms with van der Waals surface area (Å²) in [5.74, 6) is 0.685. The molecule has 0 spiro atoms. The van der Waals surface area contributed by atoms with Gasteiger partial charge < -0.3 is 0 Å². The van der Waals surface area contributed by atoms with Crippen molar-refractivity contribution in [2.45, 2.75) is 20.3 Å². The van der Waals surface area contributed by atoms with E-state index in [1.165, 1.54) is 10.5 Å². The number of hydrogen-bond donors (Lipinski definition) is 0. The molecule has 0 aliphatic heterocycles. The minimum Gasteiger partial charge on any atom is -0.253 e. The number of aromatic nitrogens is 1. The van der Waals surface area contributed by atoms with Crippen molar-refractivity contribution >= 4 is 16.9 Å². The van der Waals surface area contributed by atoms with Crippen molar-refractivity contribution in [3.63, 3.8) is 0 Å². The Morgan fingerprint density at radius 1 is 1.73 bits per heavy atom. The average Bonchev–Trinajstić information content (AvgIpc) is 2.35. The third-order valence-corrected chi connectivity index (χ3v) is 2.31. The number of rotatable bonds is 3. The van der Waals surface area contributed by atoms with E-state index in [1.54, 1.807) is 11.3 Å². The van der Waals surface area contributed by atoms with Crippen molar-refractivity contribution in [2.24, 2.45) is 5.92 Å². The van der Waals surface area contributed by atoms with Crippen LogP contribution in [-0.2, 0) is 0 Å². The Morgan fingerprint density at radius 2 is 2.45 bits per heavy atom. The molecule has 0 fully saturated rings. The van der Waals surface area contributed by atoms with Gasteiger partial charge in [0.1, 0.15) is 0 Å². The molecule has 0 aliphatic carbocycles. The predicted molar refractivity (Wildman–Crippen MR) is 50.6 cm³/mol. The maximum absolute atomic E-state index is 4.01. The van der Waals surface area contributed by atoms with Crippen LogP contribution in [0.5, 0.6) is 0 Å². The van der Waals surface area contributed by atoms with Gasteiger partial charge in [-0.3, -0.25) is 4.98 Å². The summed E-state index contributed by atoms with van der Waals surface area (Å²) in [7, 11) is 0. The standard InChI is InChI=1S/C9H13NS/c1-7(2)4-8(3)9-5-10-6-11-9/h5-7H,3-4H2,1-2H3. The van der Waals surface area contributed by atoms with E-state index in [2.05, 4.69) is 25.4 Å². The lowest BCUT2D eigenvalue weighted by molar-refractivity contribution is 0.675. The molecule has 1 heterocycles. The molecule has 2 heteroatoms. The summed E-state index contributed by atoms with van der Waals surface area (Å²) < 4.78 is 0. The molecule has 1 aromatic rings. The third kappa shape index (κ3) is 2.46. The summed E-state index contributed by atoms with van der Waals surface area (Å²) in [5.41, 5.74) is 3.06. The van der Waals surface area contributed by atoms with Gasteiger partial charge >= 0.3 is 0 Å². The maximum Gasteiger partial charge on any atom is 0.0797 e. The highest BCUT2D eigenvalue weighted by molar-refractivity contribution is 7.10. The minimum absolute atomic E-state index is 0.685. The van der Waals surface area contributed by atoms with Gasteiger partial charge in [-0.25, -0.2) is 0 Å². The zero-order chi connectivity index (χ0) is 8.27. The highest BCUT2D eigenvalue weighted by atomic mass is 32.1. The second-order valence-corrected chi connectivity index (χ2v) is 3.95. The summed E-state index contributed by atoms with van der Waals surface area (Å²) in [6.07, 6.45) is 2.96. The van der Waals surface area contributed by atoms with Crippen LogP contribution in [0.25, 0.3) is 5.57 Å². The highest BCUT2D eigenvalue weighted by Crippen LogP contribution is 2.22. The van der Waals surface area contributed by atoms with E-state index in [0.717, 1.165) is 6.42 Å². The molecule has 11 heavy (non-hydrogen) atoms. The lowest BCUT2D eigenvalue weighted by Gasteiger charge is -2.04. The van der Waals surface area contributed by atoms with Gasteiger partial charge in [0.2, 0.25) is 0 Å². The summed E-state index contributed by atoms with van der Waals surface area (Å²) in [6, 6.07) is 0. The van der Waals surface area contributed by atoms with Crippen molar-refractivity contribution < 1.29 is 0 Å². The molecule has 0 aromatic carbocycles. The Balaban J connectivity index is 2.57. The predicted octanol–water partition coefficient (Wildman–Crippen LogP) is 3.20. The van der Waals surface area contributed by atoms with Crippen LogP contribution in [0, 0.1) is 5.92 Å². The lowest BCUT2D eigenvalue weighted by atomic mass is 10.0. The summed E-state index contributed by atoms with van der Waals surface area (Å²) >= 11 is 1.66. The van der Waals surface area contributed by atoms with E-state index in [-0.39, 0.29) is 0 Å². The SMILES string of the molecule is C=C(CC(C)C)c1cncs1. The van der Waals surface area contributed by atoms with Crippen LogP contribution >= 0.6 is 11.3 Å². The van der Waals surface area contributed by atoms with Crippen LogP contribution < -0.4 is 0 Å². The van der Waals surface area contributed by atoms with E-state index in [9.17, 15) is 0 Å². The molecule has 0 aliphatic rings. The van der Waals surface area contributed by atoms with Crippen LogP contribution in [-0.4, -0.2) is 4.98 Å². The van der Waals surface area contributed by atoms with Gasteiger partial charge in [0.25, 0.3) is 0 Å². The van der Waals surface area contributed by atoms with Gasteiger partial charge in [-0.15, -0.1) is 11.3 Å². The molecule has 0 radical (unpaired) electrons. The fraction of sp³-hybridized carbons (Fsp3) is 0.444. The molecule has 0 atom stereocenters. The average molecular weight is 167 g/mol. The Morgan fingerprint density at radius 3 is 2.91 bits per heavy atom. The Labute approximate surface area is 71.8 Å². The summed E-state index contributed by atoms with van der Waals surface area (Å²) in [5, 5.41) is 0. The molecular formula is C9H13NS. The number of nitrogens with zero attached hydrogens (tertiary/aromatic N) is 1. The molecule has 60 valence electrons. The highest BCUT2D eigenvalue weighted by Gasteiger charge is 2.02. The van der Waals surface area contributed by atoms with Crippen LogP contribution in [0.4, 0.5) is 0 Å². The normalized spacial score (nSPS) is 10.5. The fourth-order valence-electron chi connectivity index (χ4n) is 0.984. The van der Waals surface area contributed by atoms with Crippen LogP contribution in [0.15, 0.2) is 18.3 Å². The van der Waals surface area contributed by atoms with E-state index in [0.29, 0.717) is 5.92 Å². The molecule has 0 saturated heterocycles. The second-order valence-electron chi connectivity index (χ2n) is 3.07. The zero-order valence-electron chi connectivity index (χ0n) is 7.00. The number of thiazole rings is 1. The van der Waals surface area contributed by atoms with Crippen molar-refractivity contribution in [2.75, 3.05) is 0 Å². The van der Waals surface area contributed by atoms with Gasteiger partial charge in [0.05, 0.1) is 5.51 Å². The third-order valence-electron chi connectivity index (χ3n) is 1.44. The van der Waals surface area contributed by atoms with E-state index < -0.39 is 0 Å². The van der Waals surface area contributed by atoms with Gasteiger partial charge in [0.15, 0.2) is 0 Å². The molecule has 0 saturated carbocycles. The smallest absolute Gasteiger partial charge is 0.0797 e. The van der Waals surface area contributed by atoms with Gasteiger partial charge in [-0.2, -0.15) is 0 Å². The summed E-state index contributed by atoms with van der Waals surface area (Å²) in [4.78, 5) is 5.23.